The smallest absolute Gasteiger partial charge is 0.388 e. The molecular weight excluding hydrogens is 376 g/mol. The highest BCUT2D eigenvalue weighted by Crippen LogP contribution is 2.60. The van der Waals surface area contributed by atoms with Gasteiger partial charge in [-0.25, -0.2) is 4.57 Å². The van der Waals surface area contributed by atoms with Crippen LogP contribution in [0.3, 0.4) is 0 Å². The first-order valence-corrected chi connectivity index (χ1v) is 10.7. The number of phosphoric acid groups is 1. The van der Waals surface area contributed by atoms with Crippen molar-refractivity contribution in [3.8, 4) is 0 Å². The van der Waals surface area contributed by atoms with Crippen molar-refractivity contribution in [3.63, 3.8) is 0 Å². The number of hydrogen-bond donors (Lipinski definition) is 2. The van der Waals surface area contributed by atoms with Crippen molar-refractivity contribution in [1.29, 1.82) is 0 Å². The van der Waals surface area contributed by atoms with Gasteiger partial charge in [0.2, 0.25) is 0 Å². The lowest BCUT2D eigenvalue weighted by Gasteiger charge is -2.34. The van der Waals surface area contributed by atoms with E-state index in [1.807, 2.05) is 0 Å². The topological polar surface area (TPSA) is 160 Å². The molecule has 1 unspecified atom stereocenters. The summed E-state index contributed by atoms with van der Waals surface area (Å²) in [5, 5.41) is 13.7. The van der Waals surface area contributed by atoms with Gasteiger partial charge >= 0.3 is 15.4 Å². The molecule has 0 saturated heterocycles. The first-order chi connectivity index (χ1) is 11.7. The Morgan fingerprint density at radius 3 is 2.28 bits per heavy atom. The van der Waals surface area contributed by atoms with Crippen molar-refractivity contribution in [2.75, 3.05) is 19.8 Å². The predicted octanol–water partition coefficient (Wildman–Crippen LogP) is 3.10. The van der Waals surface area contributed by atoms with Gasteiger partial charge in [0.15, 0.2) is 0 Å². The van der Waals surface area contributed by atoms with Gasteiger partial charge in [-0.3, -0.25) is 13.6 Å². The third-order valence-electron chi connectivity index (χ3n) is 3.20. The van der Waals surface area contributed by atoms with Gasteiger partial charge in [-0.1, -0.05) is 5.11 Å². The minimum atomic E-state index is -4.45. The average Bonchev–Trinajstić information content (AvgIpc) is 2.50. The van der Waals surface area contributed by atoms with Crippen molar-refractivity contribution >= 4 is 15.4 Å². The van der Waals surface area contributed by atoms with Crippen molar-refractivity contribution < 1.29 is 37.2 Å². The SMILES string of the molecule is CCOP(=O)(O)O[C@H]1CC(P(=O)(OCC)OCC)=C[C@@H](O)[C@@H]1N=[N+]=[N-]. The monoisotopic (exact) mass is 399 g/mol. The van der Waals surface area contributed by atoms with Crippen LogP contribution in [0, 0.1) is 0 Å². The molecule has 11 nitrogen and oxygen atoms in total. The molecule has 144 valence electrons. The van der Waals surface area contributed by atoms with Gasteiger partial charge in [-0.2, -0.15) is 0 Å². The Kier molecular flexibility index (Phi) is 8.77. The van der Waals surface area contributed by atoms with Crippen molar-refractivity contribution in [1.82, 2.24) is 0 Å². The Morgan fingerprint density at radius 2 is 1.80 bits per heavy atom. The van der Waals surface area contributed by atoms with E-state index in [2.05, 4.69) is 14.5 Å². The van der Waals surface area contributed by atoms with Crippen LogP contribution < -0.4 is 0 Å². The summed E-state index contributed by atoms with van der Waals surface area (Å²) in [6, 6.07) is -1.20. The Balaban J connectivity index is 3.20. The molecule has 1 rings (SSSR count). The maximum absolute atomic E-state index is 12.9. The normalized spacial score (nSPS) is 26.4. The molecule has 0 fully saturated rings. The van der Waals surface area contributed by atoms with Gasteiger partial charge in [0.25, 0.3) is 0 Å². The average molecular weight is 399 g/mol. The highest BCUT2D eigenvalue weighted by molar-refractivity contribution is 7.58. The lowest BCUT2D eigenvalue weighted by atomic mass is 9.96. The third kappa shape index (κ3) is 6.18. The highest BCUT2D eigenvalue weighted by Gasteiger charge is 2.43. The van der Waals surface area contributed by atoms with Crippen LogP contribution >= 0.6 is 15.4 Å². The summed E-state index contributed by atoms with van der Waals surface area (Å²) in [5.41, 5.74) is 8.65. The maximum atomic E-state index is 12.9. The number of rotatable bonds is 10. The van der Waals surface area contributed by atoms with Crippen LogP contribution in [0.2, 0.25) is 0 Å². The number of azide groups is 1. The number of phosphoric ester groups is 1. The molecule has 0 saturated carbocycles. The summed E-state index contributed by atoms with van der Waals surface area (Å²) in [5.74, 6) is 0. The first kappa shape index (κ1) is 22.3. The van der Waals surface area contributed by atoms with E-state index < -0.39 is 33.7 Å². The summed E-state index contributed by atoms with van der Waals surface area (Å²) in [7, 11) is -8.17. The van der Waals surface area contributed by atoms with Crippen molar-refractivity contribution in [2.24, 2.45) is 5.11 Å². The molecule has 2 N–H and O–H groups in total. The molecule has 25 heavy (non-hydrogen) atoms. The third-order valence-corrected chi connectivity index (χ3v) is 6.55. The van der Waals surface area contributed by atoms with Crippen LogP contribution in [0.15, 0.2) is 16.5 Å². The summed E-state index contributed by atoms with van der Waals surface area (Å²) in [4.78, 5) is 12.3. The van der Waals surface area contributed by atoms with E-state index in [9.17, 15) is 19.1 Å². The highest BCUT2D eigenvalue weighted by atomic mass is 31.2. The van der Waals surface area contributed by atoms with Crippen LogP contribution in [0.25, 0.3) is 10.4 Å². The zero-order chi connectivity index (χ0) is 19.1. The summed E-state index contributed by atoms with van der Waals surface area (Å²) in [6.07, 6.45) is -1.65. The van der Waals surface area contributed by atoms with E-state index in [0.29, 0.717) is 0 Å². The number of nitrogens with zero attached hydrogens (tertiary/aromatic N) is 3. The van der Waals surface area contributed by atoms with Crippen LogP contribution in [-0.2, 0) is 27.2 Å². The molecule has 0 aliphatic heterocycles. The van der Waals surface area contributed by atoms with Crippen molar-refractivity contribution in [2.45, 2.75) is 45.4 Å². The second kappa shape index (κ2) is 9.83. The molecule has 13 heteroatoms. The molecule has 0 heterocycles. The van der Waals surface area contributed by atoms with E-state index in [4.69, 9.17) is 19.1 Å². The lowest BCUT2D eigenvalue weighted by molar-refractivity contribution is 0.0513. The fourth-order valence-electron chi connectivity index (χ4n) is 2.32. The molecule has 1 aliphatic rings. The van der Waals surface area contributed by atoms with Gasteiger partial charge in [0.05, 0.1) is 38.1 Å². The molecule has 4 atom stereocenters. The van der Waals surface area contributed by atoms with E-state index in [0.717, 1.165) is 0 Å². The maximum Gasteiger partial charge on any atom is 0.472 e. The van der Waals surface area contributed by atoms with E-state index in [-0.39, 0.29) is 31.6 Å². The fourth-order valence-corrected chi connectivity index (χ4v) is 5.08. The van der Waals surface area contributed by atoms with Crippen LogP contribution in [-0.4, -0.2) is 48.1 Å². The van der Waals surface area contributed by atoms with Crippen LogP contribution in [0.4, 0.5) is 0 Å². The zero-order valence-electron chi connectivity index (χ0n) is 14.2. The molecule has 0 bridgehead atoms. The lowest BCUT2D eigenvalue weighted by Crippen LogP contribution is -2.40. The molecule has 1 aliphatic carbocycles. The van der Waals surface area contributed by atoms with E-state index >= 15 is 0 Å². The first-order valence-electron chi connectivity index (χ1n) is 7.71. The second-order valence-electron chi connectivity index (χ2n) is 4.91. The molecule has 0 aromatic rings. The number of aliphatic hydroxyl groups is 1. The quantitative estimate of drug-likeness (QED) is 0.245. The zero-order valence-corrected chi connectivity index (χ0v) is 16.0. The van der Waals surface area contributed by atoms with Crippen LogP contribution in [0.5, 0.6) is 0 Å². The number of hydrogen-bond acceptors (Lipinski definition) is 8. The number of aliphatic hydroxyl groups excluding tert-OH is 1. The van der Waals surface area contributed by atoms with Gasteiger partial charge in [-0.05, 0) is 32.4 Å². The van der Waals surface area contributed by atoms with Gasteiger partial charge in [0.1, 0.15) is 0 Å². The molecule has 0 radical (unpaired) electrons. The fraction of sp³-hybridized carbons (Fsp3) is 0.833. The Labute approximate surface area is 145 Å². The second-order valence-corrected chi connectivity index (χ2v) is 8.40. The van der Waals surface area contributed by atoms with Crippen LogP contribution in [0.1, 0.15) is 27.2 Å². The minimum absolute atomic E-state index is 0.0783. The molecule has 0 aromatic carbocycles. The van der Waals surface area contributed by atoms with Gasteiger partial charge in [-0.15, -0.1) is 0 Å². The van der Waals surface area contributed by atoms with Gasteiger partial charge in [0, 0.05) is 16.6 Å². The van der Waals surface area contributed by atoms with Gasteiger partial charge < -0.3 is 19.0 Å². The summed E-state index contributed by atoms with van der Waals surface area (Å²) >= 11 is 0. The van der Waals surface area contributed by atoms with E-state index in [1.54, 1.807) is 13.8 Å². The molecular formula is C12H23N3O8P2. The Morgan fingerprint density at radius 1 is 1.24 bits per heavy atom. The Bertz CT molecular complexity index is 611. The summed E-state index contributed by atoms with van der Waals surface area (Å²) in [6.45, 7) is 4.84. The van der Waals surface area contributed by atoms with Crippen molar-refractivity contribution in [3.05, 3.63) is 21.8 Å². The van der Waals surface area contributed by atoms with E-state index in [1.165, 1.54) is 13.0 Å². The largest absolute Gasteiger partial charge is 0.472 e. The Hall–Kier alpha value is -0.730. The summed E-state index contributed by atoms with van der Waals surface area (Å²) < 4.78 is 44.8. The molecule has 0 amide bonds. The predicted molar refractivity (Wildman–Crippen MR) is 88.8 cm³/mol. The molecule has 0 spiro atoms. The molecule has 0 aromatic heterocycles. The minimum Gasteiger partial charge on any atom is -0.388 e. The standard InChI is InChI=1S/C12H23N3O8P2/c1-4-20-24(17,21-5-2)9-7-10(16)12(14-15-13)11(8-9)23-25(18,19)22-6-3/h7,10-12,16H,4-6,8H2,1-3H3,(H,18,19)/t10-,11+,12+/m1/s1.